The second-order valence-corrected chi connectivity index (χ2v) is 5.53. The maximum atomic E-state index is 9.87. The zero-order chi connectivity index (χ0) is 15.0. The summed E-state index contributed by atoms with van der Waals surface area (Å²) in [6.07, 6.45) is 0.904. The first-order valence-corrected chi connectivity index (χ1v) is 7.10. The third-order valence-corrected chi connectivity index (χ3v) is 4.00. The number of hydrogen-bond acceptors (Lipinski definition) is 5. The number of nitrogens with zero attached hydrogens (tertiary/aromatic N) is 3. The van der Waals surface area contributed by atoms with E-state index in [9.17, 15) is 5.11 Å². The number of benzene rings is 1. The molecule has 0 bridgehead atoms. The normalized spacial score (nSPS) is 24.1. The van der Waals surface area contributed by atoms with Gasteiger partial charge in [0.05, 0.1) is 18.9 Å². The zero-order valence-electron chi connectivity index (χ0n) is 12.6. The van der Waals surface area contributed by atoms with Crippen LogP contribution in [0.5, 0.6) is 5.75 Å². The van der Waals surface area contributed by atoms with Gasteiger partial charge in [-0.05, 0) is 44.0 Å². The molecular weight excluding hydrogens is 304 g/mol. The van der Waals surface area contributed by atoms with E-state index < -0.39 is 6.10 Å². The Kier molecular flexibility index (Phi) is 5.05. The van der Waals surface area contributed by atoms with Crippen molar-refractivity contribution in [1.29, 1.82) is 0 Å². The third-order valence-electron chi connectivity index (χ3n) is 4.00. The summed E-state index contributed by atoms with van der Waals surface area (Å²) in [5, 5.41) is 14.3. The minimum atomic E-state index is -0.462. The van der Waals surface area contributed by atoms with Crippen molar-refractivity contribution in [3.8, 4) is 11.4 Å². The fourth-order valence-electron chi connectivity index (χ4n) is 2.87. The van der Waals surface area contributed by atoms with Crippen LogP contribution in [0.15, 0.2) is 24.3 Å². The van der Waals surface area contributed by atoms with Gasteiger partial charge < -0.3 is 15.6 Å². The average Bonchev–Trinajstić information content (AvgIpc) is 3.02. The highest BCUT2D eigenvalue weighted by Crippen LogP contribution is 2.34. The van der Waals surface area contributed by atoms with E-state index in [1.165, 1.54) is 0 Å². The van der Waals surface area contributed by atoms with Gasteiger partial charge >= 0.3 is 0 Å². The second-order valence-electron chi connectivity index (χ2n) is 5.53. The molecule has 2 aromatic rings. The van der Waals surface area contributed by atoms with Crippen LogP contribution in [-0.4, -0.2) is 39.1 Å². The summed E-state index contributed by atoms with van der Waals surface area (Å²) in [5.74, 6) is 2.52. The van der Waals surface area contributed by atoms with Crippen LogP contribution in [-0.2, 0) is 0 Å². The number of aliphatic hydroxyl groups is 1. The fraction of sp³-hybridized carbons (Fsp3) is 0.467. The molecule has 3 N–H and O–H groups in total. The van der Waals surface area contributed by atoms with Crippen molar-refractivity contribution >= 4 is 12.4 Å². The summed E-state index contributed by atoms with van der Waals surface area (Å²) < 4.78 is 7.01. The monoisotopic (exact) mass is 324 g/mol. The van der Waals surface area contributed by atoms with E-state index in [-0.39, 0.29) is 24.4 Å². The first-order valence-electron chi connectivity index (χ1n) is 7.10. The number of rotatable bonds is 3. The van der Waals surface area contributed by atoms with E-state index in [1.54, 1.807) is 7.11 Å². The predicted octanol–water partition coefficient (Wildman–Crippen LogP) is 1.57. The summed E-state index contributed by atoms with van der Waals surface area (Å²) in [6.45, 7) is 1.87. The van der Waals surface area contributed by atoms with E-state index in [4.69, 9.17) is 10.5 Å². The van der Waals surface area contributed by atoms with Crippen LogP contribution in [0.2, 0.25) is 0 Å². The van der Waals surface area contributed by atoms with Crippen molar-refractivity contribution in [3.63, 3.8) is 0 Å². The Morgan fingerprint density at radius 3 is 2.50 bits per heavy atom. The molecule has 1 aromatic carbocycles. The Labute approximate surface area is 135 Å². The van der Waals surface area contributed by atoms with Gasteiger partial charge in [0, 0.05) is 12.0 Å². The largest absolute Gasteiger partial charge is 0.497 e. The molecule has 1 aliphatic rings. The lowest BCUT2D eigenvalue weighted by Gasteiger charge is -2.11. The number of hydrogen-bond donors (Lipinski definition) is 2. The molecule has 0 amide bonds. The molecule has 0 spiro atoms. The average molecular weight is 325 g/mol. The molecule has 0 radical (unpaired) electrons. The van der Waals surface area contributed by atoms with Crippen LogP contribution in [0.3, 0.4) is 0 Å². The molecule has 3 rings (SSSR count). The van der Waals surface area contributed by atoms with Crippen molar-refractivity contribution in [3.05, 3.63) is 35.9 Å². The van der Waals surface area contributed by atoms with E-state index in [0.717, 1.165) is 29.5 Å². The summed E-state index contributed by atoms with van der Waals surface area (Å²) in [5.41, 5.74) is 6.85. The molecule has 0 saturated heterocycles. The van der Waals surface area contributed by atoms with Gasteiger partial charge in [-0.25, -0.2) is 9.67 Å². The fourth-order valence-corrected chi connectivity index (χ4v) is 2.87. The van der Waals surface area contributed by atoms with Crippen molar-refractivity contribution in [1.82, 2.24) is 14.8 Å². The number of aromatic nitrogens is 3. The molecule has 22 heavy (non-hydrogen) atoms. The minimum absolute atomic E-state index is 0. The molecule has 3 atom stereocenters. The lowest BCUT2D eigenvalue weighted by atomic mass is 10.1. The number of halogens is 1. The number of nitrogens with two attached hydrogens (primary N) is 1. The molecule has 0 aliphatic heterocycles. The van der Waals surface area contributed by atoms with Gasteiger partial charge in [0.25, 0.3) is 0 Å². The molecule has 6 nitrogen and oxygen atoms in total. The molecule has 0 unspecified atom stereocenters. The highest BCUT2D eigenvalue weighted by molar-refractivity contribution is 5.85. The van der Waals surface area contributed by atoms with Crippen LogP contribution in [0.1, 0.15) is 30.4 Å². The highest BCUT2D eigenvalue weighted by atomic mass is 35.5. The molecule has 1 aromatic heterocycles. The van der Waals surface area contributed by atoms with Gasteiger partial charge in [0.1, 0.15) is 17.4 Å². The first-order chi connectivity index (χ1) is 10.1. The summed E-state index contributed by atoms with van der Waals surface area (Å²) >= 11 is 0. The molecule has 1 saturated carbocycles. The van der Waals surface area contributed by atoms with Gasteiger partial charge in [0.15, 0.2) is 0 Å². The Morgan fingerprint density at radius 1 is 1.27 bits per heavy atom. The lowest BCUT2D eigenvalue weighted by Crippen LogP contribution is -2.28. The van der Waals surface area contributed by atoms with Crippen molar-refractivity contribution in [2.75, 3.05) is 7.11 Å². The number of aryl methyl sites for hydroxylation is 1. The van der Waals surface area contributed by atoms with E-state index in [1.807, 2.05) is 35.9 Å². The topological polar surface area (TPSA) is 86.2 Å². The Balaban J connectivity index is 0.00000176. The second kappa shape index (κ2) is 6.64. The predicted molar refractivity (Wildman–Crippen MR) is 85.9 cm³/mol. The van der Waals surface area contributed by atoms with E-state index >= 15 is 0 Å². The number of aliphatic hydroxyl groups excluding tert-OH is 1. The number of ether oxygens (including phenoxy) is 1. The molecule has 1 heterocycles. The van der Waals surface area contributed by atoms with Crippen molar-refractivity contribution in [2.45, 2.75) is 37.8 Å². The first kappa shape index (κ1) is 16.7. The van der Waals surface area contributed by atoms with Crippen LogP contribution >= 0.6 is 12.4 Å². The maximum Gasteiger partial charge on any atom is 0.148 e. The van der Waals surface area contributed by atoms with Gasteiger partial charge in [-0.2, -0.15) is 5.10 Å². The van der Waals surface area contributed by atoms with Crippen molar-refractivity contribution < 1.29 is 9.84 Å². The minimum Gasteiger partial charge on any atom is -0.497 e. The Bertz CT molecular complexity index is 619. The third kappa shape index (κ3) is 3.09. The van der Waals surface area contributed by atoms with Crippen LogP contribution in [0, 0.1) is 6.92 Å². The smallest absolute Gasteiger partial charge is 0.148 e. The van der Waals surface area contributed by atoms with Crippen molar-refractivity contribution in [2.24, 2.45) is 5.73 Å². The Hall–Kier alpha value is -1.63. The van der Waals surface area contributed by atoms with Gasteiger partial charge in [-0.15, -0.1) is 12.4 Å². The SMILES string of the molecule is COc1ccc(-n2nc(C)nc2[C@H]2C[C@H](N)[C@@H](O)C2)cc1.Cl. The molecular formula is C15H21ClN4O2. The molecule has 1 fully saturated rings. The van der Waals surface area contributed by atoms with Crippen LogP contribution in [0.4, 0.5) is 0 Å². The summed E-state index contributed by atoms with van der Waals surface area (Å²) in [7, 11) is 1.64. The summed E-state index contributed by atoms with van der Waals surface area (Å²) in [4.78, 5) is 4.53. The van der Waals surface area contributed by atoms with Gasteiger partial charge in [-0.3, -0.25) is 0 Å². The van der Waals surface area contributed by atoms with Gasteiger partial charge in [-0.1, -0.05) is 0 Å². The van der Waals surface area contributed by atoms with Crippen LogP contribution < -0.4 is 10.5 Å². The molecule has 7 heteroatoms. The van der Waals surface area contributed by atoms with E-state index in [2.05, 4.69) is 10.1 Å². The molecule has 120 valence electrons. The molecule has 1 aliphatic carbocycles. The highest BCUT2D eigenvalue weighted by Gasteiger charge is 2.34. The standard InChI is InChI=1S/C15H20N4O2.ClH/c1-9-17-15(10-7-13(16)14(20)8-10)19(18-9)11-3-5-12(21-2)6-4-11;/h3-6,10,13-14,20H,7-8,16H2,1-2H3;1H/t10-,13-,14-;/m0./s1. The number of methoxy groups -OCH3 is 1. The Morgan fingerprint density at radius 2 is 1.95 bits per heavy atom. The summed E-state index contributed by atoms with van der Waals surface area (Å²) in [6, 6.07) is 7.50. The van der Waals surface area contributed by atoms with Crippen LogP contribution in [0.25, 0.3) is 5.69 Å². The maximum absolute atomic E-state index is 9.87. The van der Waals surface area contributed by atoms with Gasteiger partial charge in [0.2, 0.25) is 0 Å². The van der Waals surface area contributed by atoms with E-state index in [0.29, 0.717) is 6.42 Å². The lowest BCUT2D eigenvalue weighted by molar-refractivity contribution is 0.163. The zero-order valence-corrected chi connectivity index (χ0v) is 13.5. The quantitative estimate of drug-likeness (QED) is 0.895.